The maximum absolute atomic E-state index is 13.2. The number of nitrogens with one attached hydrogen (secondary N) is 1. The number of carboxylic acid groups (broad SMARTS) is 1. The first-order valence-electron chi connectivity index (χ1n) is 9.90. The van der Waals surface area contributed by atoms with Gasteiger partial charge >= 0.3 is 5.97 Å². The Balaban J connectivity index is 1.67. The number of thiophene rings is 1. The highest BCUT2D eigenvalue weighted by Gasteiger charge is 2.57. The summed E-state index contributed by atoms with van der Waals surface area (Å²) in [5.41, 5.74) is 0.189. The molecule has 3 aliphatic carbocycles. The van der Waals surface area contributed by atoms with Gasteiger partial charge in [-0.15, -0.1) is 11.3 Å². The lowest BCUT2D eigenvalue weighted by atomic mass is 9.69. The zero-order chi connectivity index (χ0) is 20.1. The lowest BCUT2D eigenvalue weighted by Gasteiger charge is -2.38. The number of esters is 1. The van der Waals surface area contributed by atoms with Gasteiger partial charge in [-0.3, -0.25) is 4.79 Å². The highest BCUT2D eigenvalue weighted by Crippen LogP contribution is 2.56. The third-order valence-electron chi connectivity index (χ3n) is 6.57. The second-order valence-electron chi connectivity index (χ2n) is 8.06. The minimum Gasteiger partial charge on any atom is -0.550 e. The maximum Gasteiger partial charge on any atom is 0.341 e. The highest BCUT2D eigenvalue weighted by atomic mass is 32.1. The van der Waals surface area contributed by atoms with E-state index in [1.165, 1.54) is 11.3 Å². The van der Waals surface area contributed by atoms with Crippen molar-refractivity contribution in [3.63, 3.8) is 0 Å². The molecule has 0 saturated heterocycles. The molecular formula is C21H24NO5S-. The summed E-state index contributed by atoms with van der Waals surface area (Å²) in [6.07, 6.45) is 8.21. The van der Waals surface area contributed by atoms with E-state index >= 15 is 0 Å². The van der Waals surface area contributed by atoms with Gasteiger partial charge in [0, 0.05) is 16.3 Å². The van der Waals surface area contributed by atoms with E-state index in [2.05, 4.69) is 5.32 Å². The molecule has 3 aliphatic rings. The van der Waals surface area contributed by atoms with Gasteiger partial charge in [0.2, 0.25) is 5.91 Å². The maximum atomic E-state index is 13.2. The van der Waals surface area contributed by atoms with Gasteiger partial charge in [-0.1, -0.05) is 19.1 Å². The number of aryl methyl sites for hydroxylation is 1. The van der Waals surface area contributed by atoms with Gasteiger partial charge in [-0.2, -0.15) is 0 Å². The molecule has 150 valence electrons. The quantitative estimate of drug-likeness (QED) is 0.602. The first-order valence-corrected chi connectivity index (χ1v) is 10.7. The van der Waals surface area contributed by atoms with E-state index in [1.54, 1.807) is 13.8 Å². The molecule has 0 radical (unpaired) electrons. The third-order valence-corrected chi connectivity index (χ3v) is 7.78. The van der Waals surface area contributed by atoms with Crippen molar-refractivity contribution in [3.8, 4) is 0 Å². The van der Waals surface area contributed by atoms with E-state index in [-0.39, 0.29) is 24.3 Å². The minimum atomic E-state index is -1.23. The summed E-state index contributed by atoms with van der Waals surface area (Å²) in [5.74, 6) is -2.99. The lowest BCUT2D eigenvalue weighted by Crippen LogP contribution is -2.51. The Morgan fingerprint density at radius 2 is 2.04 bits per heavy atom. The van der Waals surface area contributed by atoms with Crippen LogP contribution in [-0.4, -0.2) is 24.5 Å². The van der Waals surface area contributed by atoms with Gasteiger partial charge in [-0.25, -0.2) is 4.79 Å². The number of amides is 1. The largest absolute Gasteiger partial charge is 0.550 e. The Morgan fingerprint density at radius 3 is 2.75 bits per heavy atom. The van der Waals surface area contributed by atoms with Gasteiger partial charge in [0.15, 0.2) is 0 Å². The van der Waals surface area contributed by atoms with Crippen LogP contribution in [0, 0.1) is 23.2 Å². The summed E-state index contributed by atoms with van der Waals surface area (Å²) >= 11 is 1.42. The summed E-state index contributed by atoms with van der Waals surface area (Å²) in [7, 11) is 0. The average molecular weight is 402 g/mol. The molecule has 28 heavy (non-hydrogen) atoms. The number of rotatable bonds is 5. The number of carbonyl (C=O) groups excluding carboxylic acids is 3. The molecule has 1 aromatic rings. The van der Waals surface area contributed by atoms with Crippen LogP contribution in [0.1, 0.15) is 53.9 Å². The van der Waals surface area contributed by atoms with Crippen LogP contribution in [0.4, 0.5) is 5.00 Å². The molecule has 0 aliphatic heterocycles. The molecule has 0 aromatic carbocycles. The fraction of sp³-hybridized carbons (Fsp3) is 0.571. The molecule has 1 aromatic heterocycles. The van der Waals surface area contributed by atoms with Gasteiger partial charge in [-0.05, 0) is 56.4 Å². The zero-order valence-electron chi connectivity index (χ0n) is 16.1. The standard InChI is InChI=1S/C21H25NO5S/c1-3-27-19(24)15-13-6-4-5-7-14(13)28-18(15)22-17(23)16-11-8-9-12(10-11)21(16,2)20(25)26/h8-9,11-12,16H,3-7,10H2,1-2H3,(H,22,23)(H,25,26)/p-1/t11-,12-,16+,21-/m1/s1. The van der Waals surface area contributed by atoms with Crippen LogP contribution in [0.5, 0.6) is 0 Å². The number of aliphatic carboxylic acids is 1. The van der Waals surface area contributed by atoms with Crippen molar-refractivity contribution in [2.45, 2.75) is 46.0 Å². The zero-order valence-corrected chi connectivity index (χ0v) is 16.9. The lowest BCUT2D eigenvalue weighted by molar-refractivity contribution is -0.321. The van der Waals surface area contributed by atoms with E-state index in [0.29, 0.717) is 17.0 Å². The van der Waals surface area contributed by atoms with Crippen molar-refractivity contribution >= 4 is 34.2 Å². The van der Waals surface area contributed by atoms with Gasteiger partial charge in [0.1, 0.15) is 5.00 Å². The second kappa shape index (κ2) is 7.03. The molecular weight excluding hydrogens is 378 g/mol. The smallest absolute Gasteiger partial charge is 0.341 e. The minimum absolute atomic E-state index is 0.117. The van der Waals surface area contributed by atoms with Crippen molar-refractivity contribution < 1.29 is 24.2 Å². The van der Waals surface area contributed by atoms with Crippen LogP contribution in [0.3, 0.4) is 0 Å². The molecule has 0 unspecified atom stereocenters. The number of carboxylic acids is 1. The molecule has 1 fully saturated rings. The summed E-state index contributed by atoms with van der Waals surface area (Å²) in [6, 6.07) is 0. The molecule has 6 nitrogen and oxygen atoms in total. The van der Waals surface area contributed by atoms with Crippen molar-refractivity contribution in [3.05, 3.63) is 28.2 Å². The molecule has 0 spiro atoms. The summed E-state index contributed by atoms with van der Waals surface area (Å²) in [5, 5.41) is 15.3. The van der Waals surface area contributed by atoms with Crippen molar-refractivity contribution in [2.24, 2.45) is 23.2 Å². The van der Waals surface area contributed by atoms with E-state index in [4.69, 9.17) is 4.74 Å². The predicted octanol–water partition coefficient (Wildman–Crippen LogP) is 2.32. The van der Waals surface area contributed by atoms with Gasteiger partial charge < -0.3 is 20.0 Å². The number of hydrogen-bond donors (Lipinski definition) is 1. The number of fused-ring (bicyclic) bond motifs is 3. The fourth-order valence-corrected chi connectivity index (χ4v) is 6.38. The van der Waals surface area contributed by atoms with E-state index in [0.717, 1.165) is 36.1 Å². The Bertz CT molecular complexity index is 872. The first-order chi connectivity index (χ1) is 13.4. The Labute approximate surface area is 168 Å². The SMILES string of the molecule is CCOC(=O)c1c(NC(=O)[C@@H]2[C@@H]3C=C[C@H](C3)[C@@]2(C)C(=O)[O-])sc2c1CCCC2. The van der Waals surface area contributed by atoms with Gasteiger partial charge in [0.25, 0.3) is 0 Å². The summed E-state index contributed by atoms with van der Waals surface area (Å²) in [6.45, 7) is 3.62. The van der Waals surface area contributed by atoms with Gasteiger partial charge in [0.05, 0.1) is 18.1 Å². The van der Waals surface area contributed by atoms with E-state index in [9.17, 15) is 19.5 Å². The number of hydrogen-bond acceptors (Lipinski definition) is 6. The molecule has 1 saturated carbocycles. The van der Waals surface area contributed by atoms with Crippen molar-refractivity contribution in [2.75, 3.05) is 11.9 Å². The summed E-state index contributed by atoms with van der Waals surface area (Å²) < 4.78 is 5.23. The Kier molecular flexibility index (Phi) is 4.81. The number of anilines is 1. The number of carbonyl (C=O) groups is 3. The molecule has 7 heteroatoms. The number of ether oxygens (including phenoxy) is 1. The molecule has 4 atom stereocenters. The fourth-order valence-electron chi connectivity index (χ4n) is 5.10. The van der Waals surface area contributed by atoms with Crippen molar-refractivity contribution in [1.82, 2.24) is 0 Å². The highest BCUT2D eigenvalue weighted by molar-refractivity contribution is 7.17. The van der Waals surface area contributed by atoms with Crippen LogP contribution in [-0.2, 0) is 27.2 Å². The molecule has 1 amide bonds. The second-order valence-corrected chi connectivity index (χ2v) is 9.17. The van der Waals surface area contributed by atoms with Crippen LogP contribution in [0.25, 0.3) is 0 Å². The van der Waals surface area contributed by atoms with Crippen molar-refractivity contribution in [1.29, 1.82) is 0 Å². The van der Waals surface area contributed by atoms with Crippen LogP contribution in [0.2, 0.25) is 0 Å². The predicted molar refractivity (Wildman–Crippen MR) is 103 cm³/mol. The topological polar surface area (TPSA) is 95.5 Å². The Hall–Kier alpha value is -2.15. The first kappa shape index (κ1) is 19.2. The van der Waals surface area contributed by atoms with Crippen LogP contribution in [0.15, 0.2) is 12.2 Å². The molecule has 1 heterocycles. The van der Waals surface area contributed by atoms with E-state index < -0.39 is 23.3 Å². The normalized spacial score (nSPS) is 30.1. The summed E-state index contributed by atoms with van der Waals surface area (Å²) in [4.78, 5) is 38.8. The molecule has 2 bridgehead atoms. The monoisotopic (exact) mass is 402 g/mol. The molecule has 1 N–H and O–H groups in total. The third kappa shape index (κ3) is 2.79. The average Bonchev–Trinajstić information content (AvgIpc) is 3.33. The van der Waals surface area contributed by atoms with Crippen LogP contribution < -0.4 is 10.4 Å². The van der Waals surface area contributed by atoms with Crippen LogP contribution >= 0.6 is 11.3 Å². The van der Waals surface area contributed by atoms with E-state index in [1.807, 2.05) is 12.2 Å². The Morgan fingerprint density at radius 1 is 1.29 bits per heavy atom. The number of allylic oxidation sites excluding steroid dienone is 2. The molecule has 4 rings (SSSR count).